The topological polar surface area (TPSA) is 78.8 Å². The van der Waals surface area contributed by atoms with Crippen LogP contribution < -0.4 is 10.1 Å². The molecule has 0 saturated carbocycles. The van der Waals surface area contributed by atoms with E-state index < -0.39 is 6.04 Å². The van der Waals surface area contributed by atoms with Gasteiger partial charge in [0.25, 0.3) is 0 Å². The van der Waals surface area contributed by atoms with E-state index in [-0.39, 0.29) is 11.9 Å². The minimum absolute atomic E-state index is 0.261. The standard InChI is InChI=1S/C29H36N2O5/c1-4-7-17-36-28(32)21-10-8-20(9-11-21)19-31-24-13-12-22(35-16-5-2)18-23(24)26-25(31)14-15-30-27(26)29(33)34-6-3/h8-13,18,27,30H,4-7,14-17,19H2,1-3H3. The van der Waals surface area contributed by atoms with Crippen LogP contribution in [0, 0.1) is 0 Å². The van der Waals surface area contributed by atoms with Crippen LogP contribution in [-0.4, -0.2) is 42.9 Å². The van der Waals surface area contributed by atoms with Crippen LogP contribution in [0.15, 0.2) is 42.5 Å². The molecule has 4 rings (SSSR count). The summed E-state index contributed by atoms with van der Waals surface area (Å²) in [5, 5.41) is 4.35. The molecule has 7 heteroatoms. The maximum absolute atomic E-state index is 12.9. The van der Waals surface area contributed by atoms with E-state index in [0.29, 0.717) is 38.5 Å². The number of hydrogen-bond acceptors (Lipinski definition) is 6. The predicted molar refractivity (Wildman–Crippen MR) is 140 cm³/mol. The summed E-state index contributed by atoms with van der Waals surface area (Å²) >= 11 is 0. The van der Waals surface area contributed by atoms with Gasteiger partial charge in [0.2, 0.25) is 0 Å². The quantitative estimate of drug-likeness (QED) is 0.293. The fourth-order valence-electron chi connectivity index (χ4n) is 4.68. The van der Waals surface area contributed by atoms with Gasteiger partial charge in [-0.3, -0.25) is 0 Å². The van der Waals surface area contributed by atoms with Gasteiger partial charge < -0.3 is 24.1 Å². The fraction of sp³-hybridized carbons (Fsp3) is 0.448. The fourth-order valence-corrected chi connectivity index (χ4v) is 4.68. The summed E-state index contributed by atoms with van der Waals surface area (Å²) in [6, 6.07) is 13.2. The summed E-state index contributed by atoms with van der Waals surface area (Å²) in [5.41, 5.74) is 4.76. The van der Waals surface area contributed by atoms with E-state index in [9.17, 15) is 9.59 Å². The van der Waals surface area contributed by atoms with Gasteiger partial charge in [-0.25, -0.2) is 9.59 Å². The molecule has 0 fully saturated rings. The van der Waals surface area contributed by atoms with Crippen LogP contribution >= 0.6 is 0 Å². The Balaban J connectivity index is 1.68. The third-order valence-electron chi connectivity index (χ3n) is 6.44. The zero-order chi connectivity index (χ0) is 25.5. The van der Waals surface area contributed by atoms with Crippen molar-refractivity contribution in [2.75, 3.05) is 26.4 Å². The molecule has 0 saturated heterocycles. The average molecular weight is 493 g/mol. The summed E-state index contributed by atoms with van der Waals surface area (Å²) in [6.45, 7) is 8.70. The van der Waals surface area contributed by atoms with E-state index >= 15 is 0 Å². The van der Waals surface area contributed by atoms with Crippen molar-refractivity contribution in [1.82, 2.24) is 9.88 Å². The summed E-state index contributed by atoms with van der Waals surface area (Å²) in [6.07, 6.45) is 3.57. The van der Waals surface area contributed by atoms with E-state index in [1.807, 2.05) is 43.3 Å². The molecule has 1 aliphatic rings. The summed E-state index contributed by atoms with van der Waals surface area (Å²) in [7, 11) is 0. The molecule has 0 bridgehead atoms. The van der Waals surface area contributed by atoms with Gasteiger partial charge in [-0.1, -0.05) is 32.4 Å². The van der Waals surface area contributed by atoms with Crippen LogP contribution in [0.1, 0.15) is 73.3 Å². The number of nitrogens with zero attached hydrogens (tertiary/aromatic N) is 1. The SMILES string of the molecule is CCCCOC(=O)c1ccc(Cn2c3c(c4cc(OCCC)ccc42)C(C(=O)OCC)NCC3)cc1. The summed E-state index contributed by atoms with van der Waals surface area (Å²) in [5.74, 6) is 0.244. The van der Waals surface area contributed by atoms with Gasteiger partial charge in [0.15, 0.2) is 0 Å². The largest absolute Gasteiger partial charge is 0.494 e. The highest BCUT2D eigenvalue weighted by Gasteiger charge is 2.33. The molecule has 2 heterocycles. The van der Waals surface area contributed by atoms with Crippen molar-refractivity contribution in [1.29, 1.82) is 0 Å². The lowest BCUT2D eigenvalue weighted by Gasteiger charge is -2.24. The number of rotatable bonds is 11. The van der Waals surface area contributed by atoms with Gasteiger partial charge in [0.1, 0.15) is 11.8 Å². The second-order valence-electron chi connectivity index (χ2n) is 9.05. The van der Waals surface area contributed by atoms with Crippen molar-refractivity contribution in [3.8, 4) is 5.75 Å². The van der Waals surface area contributed by atoms with Gasteiger partial charge in [0.05, 0.1) is 25.4 Å². The van der Waals surface area contributed by atoms with Crippen LogP contribution in [0.5, 0.6) is 5.75 Å². The molecule has 1 atom stereocenters. The Morgan fingerprint density at radius 3 is 2.53 bits per heavy atom. The first-order valence-electron chi connectivity index (χ1n) is 13.0. The first-order valence-corrected chi connectivity index (χ1v) is 13.0. The molecule has 1 aromatic heterocycles. The van der Waals surface area contributed by atoms with Crippen molar-refractivity contribution in [3.63, 3.8) is 0 Å². The molecule has 0 radical (unpaired) electrons. The van der Waals surface area contributed by atoms with Gasteiger partial charge in [-0.15, -0.1) is 0 Å². The van der Waals surface area contributed by atoms with Crippen LogP contribution in [0.25, 0.3) is 10.9 Å². The molecule has 1 aliphatic heterocycles. The zero-order valence-electron chi connectivity index (χ0n) is 21.5. The van der Waals surface area contributed by atoms with Gasteiger partial charge in [-0.05, 0) is 55.7 Å². The van der Waals surface area contributed by atoms with Crippen molar-refractivity contribution in [2.24, 2.45) is 0 Å². The van der Waals surface area contributed by atoms with Crippen LogP contribution in [0.3, 0.4) is 0 Å². The number of hydrogen-bond donors (Lipinski definition) is 1. The van der Waals surface area contributed by atoms with E-state index in [1.54, 1.807) is 0 Å². The van der Waals surface area contributed by atoms with Crippen molar-refractivity contribution < 1.29 is 23.8 Å². The van der Waals surface area contributed by atoms with E-state index in [2.05, 4.69) is 29.8 Å². The second kappa shape index (κ2) is 12.1. The molecule has 3 aromatic rings. The Kier molecular flexibility index (Phi) is 8.65. The Morgan fingerprint density at radius 2 is 1.81 bits per heavy atom. The maximum atomic E-state index is 12.9. The van der Waals surface area contributed by atoms with Gasteiger partial charge in [-0.2, -0.15) is 0 Å². The smallest absolute Gasteiger partial charge is 0.338 e. The lowest BCUT2D eigenvalue weighted by molar-refractivity contribution is -0.146. The molecule has 1 unspecified atom stereocenters. The number of carbonyl (C=O) groups excluding carboxylic acids is 2. The molecule has 0 aliphatic carbocycles. The minimum atomic E-state index is -0.515. The van der Waals surface area contributed by atoms with Crippen LogP contribution in [0.2, 0.25) is 0 Å². The number of carbonyl (C=O) groups is 2. The average Bonchev–Trinajstić information content (AvgIpc) is 3.21. The highest BCUT2D eigenvalue weighted by molar-refractivity contribution is 5.93. The molecule has 1 N–H and O–H groups in total. The molecule has 36 heavy (non-hydrogen) atoms. The Labute approximate surface area is 212 Å². The Morgan fingerprint density at radius 1 is 1.00 bits per heavy atom. The molecule has 7 nitrogen and oxygen atoms in total. The van der Waals surface area contributed by atoms with Crippen LogP contribution in [0.4, 0.5) is 0 Å². The van der Waals surface area contributed by atoms with E-state index in [0.717, 1.165) is 59.2 Å². The van der Waals surface area contributed by atoms with Crippen molar-refractivity contribution in [2.45, 2.75) is 59.0 Å². The van der Waals surface area contributed by atoms with Crippen molar-refractivity contribution >= 4 is 22.8 Å². The number of fused-ring (bicyclic) bond motifs is 3. The van der Waals surface area contributed by atoms with Gasteiger partial charge >= 0.3 is 11.9 Å². The Hall–Kier alpha value is -3.32. The van der Waals surface area contributed by atoms with E-state index in [1.165, 1.54) is 0 Å². The normalized spacial score (nSPS) is 14.9. The minimum Gasteiger partial charge on any atom is -0.494 e. The predicted octanol–water partition coefficient (Wildman–Crippen LogP) is 5.19. The molecule has 192 valence electrons. The number of esters is 2. The number of benzene rings is 2. The van der Waals surface area contributed by atoms with Crippen LogP contribution in [-0.2, 0) is 27.2 Å². The van der Waals surface area contributed by atoms with Crippen molar-refractivity contribution in [3.05, 3.63) is 64.8 Å². The molecule has 0 spiro atoms. The lowest BCUT2D eigenvalue weighted by atomic mass is 9.97. The number of nitrogens with one attached hydrogen (secondary N) is 1. The number of aromatic nitrogens is 1. The summed E-state index contributed by atoms with van der Waals surface area (Å²) in [4.78, 5) is 25.1. The molecular formula is C29H36N2O5. The molecular weight excluding hydrogens is 456 g/mol. The molecule has 0 amide bonds. The lowest BCUT2D eigenvalue weighted by Crippen LogP contribution is -2.36. The maximum Gasteiger partial charge on any atom is 0.338 e. The number of unbranched alkanes of at least 4 members (excludes halogenated alkanes) is 1. The third kappa shape index (κ3) is 5.57. The zero-order valence-corrected chi connectivity index (χ0v) is 21.5. The summed E-state index contributed by atoms with van der Waals surface area (Å²) < 4.78 is 18.9. The Bertz CT molecular complexity index is 1200. The van der Waals surface area contributed by atoms with Gasteiger partial charge in [0, 0.05) is 41.7 Å². The molecule has 2 aromatic carbocycles. The monoisotopic (exact) mass is 492 g/mol. The second-order valence-corrected chi connectivity index (χ2v) is 9.05. The first-order chi connectivity index (χ1) is 17.6. The highest BCUT2D eigenvalue weighted by Crippen LogP contribution is 2.37. The third-order valence-corrected chi connectivity index (χ3v) is 6.44. The highest BCUT2D eigenvalue weighted by atomic mass is 16.5. The first kappa shape index (κ1) is 25.8. The number of ether oxygens (including phenoxy) is 3. The van der Waals surface area contributed by atoms with E-state index in [4.69, 9.17) is 14.2 Å².